The number of phenolic OH excluding ortho intramolecular Hbond substituents is 1. The number of hydrogen-bond acceptors (Lipinski definition) is 5. The second-order valence-electron chi connectivity index (χ2n) is 7.96. The zero-order chi connectivity index (χ0) is 20.3. The van der Waals surface area contributed by atoms with E-state index in [1.165, 1.54) is 6.07 Å². The molecule has 0 bridgehead atoms. The Morgan fingerprint density at radius 3 is 2.52 bits per heavy atom. The molecule has 0 unspecified atom stereocenters. The predicted molar refractivity (Wildman–Crippen MR) is 98.2 cm³/mol. The highest BCUT2D eigenvalue weighted by atomic mass is 19.4. The lowest BCUT2D eigenvalue weighted by Gasteiger charge is -2.34. The van der Waals surface area contributed by atoms with Crippen LogP contribution >= 0.6 is 0 Å². The summed E-state index contributed by atoms with van der Waals surface area (Å²) in [6, 6.07) is 3.12. The van der Waals surface area contributed by atoms with E-state index in [-0.39, 0.29) is 30.0 Å². The smallest absolute Gasteiger partial charge is 0.416 e. The predicted octanol–water partition coefficient (Wildman–Crippen LogP) is 4.04. The molecule has 9 heteroatoms. The largest absolute Gasteiger partial charge is 0.507 e. The van der Waals surface area contributed by atoms with E-state index >= 15 is 0 Å². The first-order valence-electron chi connectivity index (χ1n) is 9.61. The first-order chi connectivity index (χ1) is 13.9. The van der Waals surface area contributed by atoms with Crippen LogP contribution < -0.4 is 0 Å². The van der Waals surface area contributed by atoms with Crippen molar-refractivity contribution in [2.24, 2.45) is 5.92 Å². The van der Waals surface area contributed by atoms with Crippen LogP contribution in [0.25, 0.3) is 22.4 Å². The SMILES string of the molecule is OCC1CC(n2cnc3c(C4CC4)c(-c4ccc(C(F)(F)F)cc4O)nnc32)C1. The van der Waals surface area contributed by atoms with Crippen LogP contribution in [0.15, 0.2) is 24.5 Å². The van der Waals surface area contributed by atoms with Gasteiger partial charge in [-0.2, -0.15) is 13.2 Å². The third kappa shape index (κ3) is 3.04. The van der Waals surface area contributed by atoms with E-state index in [4.69, 9.17) is 0 Å². The van der Waals surface area contributed by atoms with E-state index in [9.17, 15) is 23.4 Å². The summed E-state index contributed by atoms with van der Waals surface area (Å²) in [7, 11) is 0. The fourth-order valence-corrected chi connectivity index (χ4v) is 4.12. The number of benzene rings is 1. The summed E-state index contributed by atoms with van der Waals surface area (Å²) < 4.78 is 40.8. The molecule has 5 rings (SSSR count). The molecule has 0 amide bonds. The van der Waals surface area contributed by atoms with Crippen LogP contribution in [-0.4, -0.2) is 36.6 Å². The van der Waals surface area contributed by atoms with Crippen molar-refractivity contribution in [2.75, 3.05) is 6.61 Å². The minimum atomic E-state index is -4.53. The normalized spacial score (nSPS) is 22.1. The Hall–Kier alpha value is -2.68. The molecule has 0 spiro atoms. The number of hydrogen-bond donors (Lipinski definition) is 2. The van der Waals surface area contributed by atoms with E-state index in [0.29, 0.717) is 16.9 Å². The maximum Gasteiger partial charge on any atom is 0.416 e. The summed E-state index contributed by atoms with van der Waals surface area (Å²) in [5.74, 6) is 0.0240. The number of aliphatic hydroxyl groups is 1. The van der Waals surface area contributed by atoms with Crippen molar-refractivity contribution in [1.29, 1.82) is 0 Å². The van der Waals surface area contributed by atoms with Crippen LogP contribution in [0, 0.1) is 5.92 Å². The molecule has 2 heterocycles. The number of aromatic hydroxyl groups is 1. The third-order valence-corrected chi connectivity index (χ3v) is 5.95. The molecule has 0 atom stereocenters. The number of halogens is 3. The van der Waals surface area contributed by atoms with Crippen LogP contribution in [-0.2, 0) is 6.18 Å². The molecule has 0 saturated heterocycles. The van der Waals surface area contributed by atoms with Gasteiger partial charge in [-0.05, 0) is 55.7 Å². The molecule has 2 aliphatic carbocycles. The summed E-state index contributed by atoms with van der Waals surface area (Å²) >= 11 is 0. The highest BCUT2D eigenvalue weighted by molar-refractivity contribution is 5.84. The van der Waals surface area contributed by atoms with E-state index < -0.39 is 17.5 Å². The second kappa shape index (κ2) is 6.41. The van der Waals surface area contributed by atoms with E-state index in [1.54, 1.807) is 6.33 Å². The zero-order valence-corrected chi connectivity index (χ0v) is 15.4. The fraction of sp³-hybridized carbons (Fsp3) is 0.450. The molecule has 152 valence electrons. The molecular weight excluding hydrogens is 385 g/mol. The number of imidazole rings is 1. The van der Waals surface area contributed by atoms with Crippen molar-refractivity contribution in [1.82, 2.24) is 19.7 Å². The van der Waals surface area contributed by atoms with Crippen molar-refractivity contribution < 1.29 is 23.4 Å². The van der Waals surface area contributed by atoms with E-state index in [0.717, 1.165) is 43.4 Å². The minimum absolute atomic E-state index is 0.166. The molecule has 1 aromatic carbocycles. The van der Waals surface area contributed by atoms with Crippen LogP contribution in [0.1, 0.15) is 48.8 Å². The van der Waals surface area contributed by atoms with Gasteiger partial charge in [0.15, 0.2) is 5.65 Å². The lowest BCUT2D eigenvalue weighted by molar-refractivity contribution is -0.137. The number of aromatic nitrogens is 4. The topological polar surface area (TPSA) is 84.1 Å². The van der Waals surface area contributed by atoms with Gasteiger partial charge in [0.25, 0.3) is 0 Å². The molecule has 0 aliphatic heterocycles. The lowest BCUT2D eigenvalue weighted by Crippen LogP contribution is -2.28. The standard InChI is InChI=1S/C20H19F3N4O2/c21-20(22,23)12-3-4-14(15(29)7-12)17-16(11-1-2-11)18-19(26-25-17)27(9-24-18)13-5-10(6-13)8-28/h3-4,7,9-11,13,28-29H,1-2,5-6,8H2. The Balaban J connectivity index is 1.60. The minimum Gasteiger partial charge on any atom is -0.507 e. The number of alkyl halides is 3. The quantitative estimate of drug-likeness (QED) is 0.686. The molecule has 2 aromatic heterocycles. The summed E-state index contributed by atoms with van der Waals surface area (Å²) in [5, 5.41) is 28.1. The van der Waals surface area contributed by atoms with Crippen LogP contribution in [0.5, 0.6) is 5.75 Å². The number of aliphatic hydroxyl groups excluding tert-OH is 1. The third-order valence-electron chi connectivity index (χ3n) is 5.95. The maximum absolute atomic E-state index is 12.9. The van der Waals surface area contributed by atoms with Crippen molar-refractivity contribution in [3.8, 4) is 17.0 Å². The Morgan fingerprint density at radius 2 is 1.90 bits per heavy atom. The van der Waals surface area contributed by atoms with Crippen molar-refractivity contribution in [3.05, 3.63) is 35.7 Å². The molecule has 0 radical (unpaired) electrons. The highest BCUT2D eigenvalue weighted by Gasteiger charge is 2.36. The molecule has 3 aromatic rings. The van der Waals surface area contributed by atoms with Gasteiger partial charge in [-0.3, -0.25) is 0 Å². The van der Waals surface area contributed by atoms with Gasteiger partial charge in [0.2, 0.25) is 0 Å². The van der Waals surface area contributed by atoms with Gasteiger partial charge in [-0.1, -0.05) is 0 Å². The summed E-state index contributed by atoms with van der Waals surface area (Å²) in [6.07, 6.45) is 0.780. The molecular formula is C20H19F3N4O2. The van der Waals surface area contributed by atoms with Crippen LogP contribution in [0.2, 0.25) is 0 Å². The van der Waals surface area contributed by atoms with Gasteiger partial charge < -0.3 is 14.8 Å². The first-order valence-corrected chi connectivity index (χ1v) is 9.61. The Morgan fingerprint density at radius 1 is 1.14 bits per heavy atom. The average molecular weight is 404 g/mol. The van der Waals surface area contributed by atoms with E-state index in [2.05, 4.69) is 15.2 Å². The number of phenols is 1. The van der Waals surface area contributed by atoms with Crippen molar-refractivity contribution in [3.63, 3.8) is 0 Å². The monoisotopic (exact) mass is 404 g/mol. The molecule has 2 fully saturated rings. The number of fused-ring (bicyclic) bond motifs is 1. The Labute approximate surface area is 164 Å². The fourth-order valence-electron chi connectivity index (χ4n) is 4.12. The molecule has 2 saturated carbocycles. The molecule has 6 nitrogen and oxygen atoms in total. The lowest BCUT2D eigenvalue weighted by atomic mass is 9.81. The molecule has 2 aliphatic rings. The molecule has 29 heavy (non-hydrogen) atoms. The molecule has 2 N–H and O–H groups in total. The summed E-state index contributed by atoms with van der Waals surface area (Å²) in [5.41, 5.74) is 1.87. The first kappa shape index (κ1) is 18.4. The van der Waals surface area contributed by atoms with Crippen LogP contribution in [0.3, 0.4) is 0 Å². The summed E-state index contributed by atoms with van der Waals surface area (Å²) in [6.45, 7) is 0.166. The Bertz CT molecular complexity index is 1090. The van der Waals surface area contributed by atoms with Crippen molar-refractivity contribution >= 4 is 11.2 Å². The summed E-state index contributed by atoms with van der Waals surface area (Å²) in [4.78, 5) is 4.54. The maximum atomic E-state index is 12.9. The number of nitrogens with zero attached hydrogens (tertiary/aromatic N) is 4. The van der Waals surface area contributed by atoms with Gasteiger partial charge in [-0.15, -0.1) is 10.2 Å². The average Bonchev–Trinajstić information content (AvgIpc) is 3.39. The van der Waals surface area contributed by atoms with Gasteiger partial charge in [0, 0.05) is 23.8 Å². The van der Waals surface area contributed by atoms with Crippen LogP contribution in [0.4, 0.5) is 13.2 Å². The van der Waals surface area contributed by atoms with Gasteiger partial charge in [-0.25, -0.2) is 4.98 Å². The van der Waals surface area contributed by atoms with E-state index in [1.807, 2.05) is 4.57 Å². The second-order valence-corrected chi connectivity index (χ2v) is 7.96. The Kier molecular flexibility index (Phi) is 4.06. The van der Waals surface area contributed by atoms with Gasteiger partial charge >= 0.3 is 6.18 Å². The van der Waals surface area contributed by atoms with Gasteiger partial charge in [0.05, 0.1) is 11.9 Å². The van der Waals surface area contributed by atoms with Crippen molar-refractivity contribution in [2.45, 2.75) is 43.8 Å². The highest BCUT2D eigenvalue weighted by Crippen LogP contribution is 2.48. The van der Waals surface area contributed by atoms with Gasteiger partial charge in [0.1, 0.15) is 17.0 Å². The number of rotatable bonds is 4. The zero-order valence-electron chi connectivity index (χ0n) is 15.4.